The van der Waals surface area contributed by atoms with Crippen LogP contribution >= 0.6 is 11.6 Å². The smallest absolute Gasteiger partial charge is 0.410 e. The first-order valence-electron chi connectivity index (χ1n) is 8.24. The van der Waals surface area contributed by atoms with Gasteiger partial charge in [0.1, 0.15) is 5.60 Å². The van der Waals surface area contributed by atoms with Crippen LogP contribution in [0.5, 0.6) is 0 Å². The standard InChI is InChI=1S/C18H27ClN2O2/c1-13(14-7-9-15(19)10-8-14)20-16-6-5-11-21(12-16)17(22)23-18(2,3)4/h7-10,13,16,20H,5-6,11-12H2,1-4H3/t13-,16?/m0/s1. The average molecular weight is 339 g/mol. The van der Waals surface area contributed by atoms with E-state index in [-0.39, 0.29) is 18.2 Å². The number of ether oxygens (including phenoxy) is 1. The molecule has 0 radical (unpaired) electrons. The van der Waals surface area contributed by atoms with Gasteiger partial charge in [-0.15, -0.1) is 0 Å². The minimum absolute atomic E-state index is 0.218. The summed E-state index contributed by atoms with van der Waals surface area (Å²) in [5.41, 5.74) is 0.748. The van der Waals surface area contributed by atoms with Crippen molar-refractivity contribution in [1.82, 2.24) is 10.2 Å². The Morgan fingerprint density at radius 1 is 1.35 bits per heavy atom. The number of amides is 1. The average Bonchev–Trinajstić information content (AvgIpc) is 2.46. The highest BCUT2D eigenvalue weighted by atomic mass is 35.5. The van der Waals surface area contributed by atoms with E-state index >= 15 is 0 Å². The van der Waals surface area contributed by atoms with Gasteiger partial charge in [0.25, 0.3) is 0 Å². The van der Waals surface area contributed by atoms with Crippen molar-refractivity contribution in [2.45, 2.75) is 58.2 Å². The molecule has 1 saturated heterocycles. The van der Waals surface area contributed by atoms with E-state index in [1.54, 1.807) is 4.90 Å². The summed E-state index contributed by atoms with van der Waals surface area (Å²) in [5.74, 6) is 0. The Labute approximate surface area is 144 Å². The molecule has 4 nitrogen and oxygen atoms in total. The third kappa shape index (κ3) is 5.70. The van der Waals surface area contributed by atoms with E-state index in [0.29, 0.717) is 6.54 Å². The first-order valence-corrected chi connectivity index (χ1v) is 8.62. The largest absolute Gasteiger partial charge is 0.444 e. The fraction of sp³-hybridized carbons (Fsp3) is 0.611. The van der Waals surface area contributed by atoms with Gasteiger partial charge >= 0.3 is 6.09 Å². The highest BCUT2D eigenvalue weighted by molar-refractivity contribution is 6.30. The minimum Gasteiger partial charge on any atom is -0.444 e. The summed E-state index contributed by atoms with van der Waals surface area (Å²) in [7, 11) is 0. The van der Waals surface area contributed by atoms with Gasteiger partial charge in [-0.25, -0.2) is 4.79 Å². The number of hydrogen-bond acceptors (Lipinski definition) is 3. The lowest BCUT2D eigenvalue weighted by Crippen LogP contribution is -2.49. The van der Waals surface area contributed by atoms with Crippen molar-refractivity contribution in [1.29, 1.82) is 0 Å². The van der Waals surface area contributed by atoms with Crippen LogP contribution in [0.1, 0.15) is 52.1 Å². The number of nitrogens with zero attached hydrogens (tertiary/aromatic N) is 1. The number of benzene rings is 1. The monoisotopic (exact) mass is 338 g/mol. The number of nitrogens with one attached hydrogen (secondary N) is 1. The van der Waals surface area contributed by atoms with Gasteiger partial charge in [0.15, 0.2) is 0 Å². The molecule has 1 heterocycles. The Kier molecular flexibility index (Phi) is 5.93. The molecule has 0 aromatic heterocycles. The van der Waals surface area contributed by atoms with Gasteiger partial charge in [-0.1, -0.05) is 23.7 Å². The first kappa shape index (κ1) is 18.1. The number of hydrogen-bond donors (Lipinski definition) is 1. The molecule has 128 valence electrons. The number of piperidine rings is 1. The van der Waals surface area contributed by atoms with E-state index in [1.165, 1.54) is 5.56 Å². The maximum atomic E-state index is 12.2. The molecular formula is C18H27ClN2O2. The lowest BCUT2D eigenvalue weighted by Gasteiger charge is -2.35. The zero-order chi connectivity index (χ0) is 17.0. The molecule has 0 spiro atoms. The van der Waals surface area contributed by atoms with Crippen LogP contribution in [0.15, 0.2) is 24.3 Å². The quantitative estimate of drug-likeness (QED) is 0.888. The topological polar surface area (TPSA) is 41.6 Å². The maximum absolute atomic E-state index is 12.2. The molecule has 2 rings (SSSR count). The molecule has 1 aliphatic heterocycles. The Bertz CT molecular complexity index is 525. The molecule has 23 heavy (non-hydrogen) atoms. The number of carbonyl (C=O) groups excluding carboxylic acids is 1. The van der Waals surface area contributed by atoms with Crippen molar-refractivity contribution < 1.29 is 9.53 Å². The van der Waals surface area contributed by atoms with Crippen LogP contribution in [-0.4, -0.2) is 35.7 Å². The third-order valence-electron chi connectivity index (χ3n) is 3.93. The molecule has 2 atom stereocenters. The molecule has 1 aliphatic rings. The van der Waals surface area contributed by atoms with E-state index in [2.05, 4.69) is 12.2 Å². The van der Waals surface area contributed by atoms with Crippen LogP contribution in [0.2, 0.25) is 5.02 Å². The Hall–Kier alpha value is -1.26. The Morgan fingerprint density at radius 2 is 2.00 bits per heavy atom. The molecule has 0 saturated carbocycles. The van der Waals surface area contributed by atoms with Gasteiger partial charge in [-0.05, 0) is 58.2 Å². The van der Waals surface area contributed by atoms with Crippen LogP contribution in [-0.2, 0) is 4.74 Å². The lowest BCUT2D eigenvalue weighted by molar-refractivity contribution is 0.0184. The zero-order valence-electron chi connectivity index (χ0n) is 14.4. The van der Waals surface area contributed by atoms with Gasteiger partial charge in [0, 0.05) is 30.2 Å². The van der Waals surface area contributed by atoms with Crippen molar-refractivity contribution in [3.8, 4) is 0 Å². The molecule has 1 aromatic carbocycles. The van der Waals surface area contributed by atoms with Crippen molar-refractivity contribution in [2.75, 3.05) is 13.1 Å². The fourth-order valence-corrected chi connectivity index (χ4v) is 2.93. The van der Waals surface area contributed by atoms with E-state index in [1.807, 2.05) is 45.0 Å². The normalized spacial score (nSPS) is 20.2. The predicted octanol–water partition coefficient (Wildman–Crippen LogP) is 4.39. The van der Waals surface area contributed by atoms with Crippen LogP contribution in [0.4, 0.5) is 4.79 Å². The highest BCUT2D eigenvalue weighted by Gasteiger charge is 2.28. The molecule has 5 heteroatoms. The van der Waals surface area contributed by atoms with Gasteiger partial charge in [0.2, 0.25) is 0 Å². The van der Waals surface area contributed by atoms with Crippen molar-refractivity contribution >= 4 is 17.7 Å². The van der Waals surface area contributed by atoms with Crippen LogP contribution < -0.4 is 5.32 Å². The van der Waals surface area contributed by atoms with Crippen molar-refractivity contribution in [3.63, 3.8) is 0 Å². The SMILES string of the molecule is C[C@H](NC1CCCN(C(=O)OC(C)(C)C)C1)c1ccc(Cl)cc1. The number of carbonyl (C=O) groups is 1. The number of halogens is 1. The second kappa shape index (κ2) is 7.54. The van der Waals surface area contributed by atoms with Gasteiger partial charge in [-0.3, -0.25) is 0 Å². The van der Waals surface area contributed by atoms with Crippen molar-refractivity contribution in [3.05, 3.63) is 34.9 Å². The second-order valence-electron chi connectivity index (χ2n) is 7.21. The minimum atomic E-state index is -0.450. The predicted molar refractivity (Wildman–Crippen MR) is 93.8 cm³/mol. The second-order valence-corrected chi connectivity index (χ2v) is 7.64. The number of rotatable bonds is 3. The fourth-order valence-electron chi connectivity index (χ4n) is 2.81. The molecule has 0 bridgehead atoms. The van der Waals surface area contributed by atoms with Gasteiger partial charge < -0.3 is 15.0 Å². The maximum Gasteiger partial charge on any atom is 0.410 e. The van der Waals surface area contributed by atoms with E-state index in [0.717, 1.165) is 24.4 Å². The molecule has 1 fully saturated rings. The summed E-state index contributed by atoms with van der Waals surface area (Å²) in [6.45, 7) is 9.28. The first-order chi connectivity index (χ1) is 10.7. The number of likely N-dealkylation sites (tertiary alicyclic amines) is 1. The van der Waals surface area contributed by atoms with Gasteiger partial charge in [0.05, 0.1) is 0 Å². The summed E-state index contributed by atoms with van der Waals surface area (Å²) in [5, 5.41) is 4.35. The summed E-state index contributed by atoms with van der Waals surface area (Å²) in [6, 6.07) is 8.38. The highest BCUT2D eigenvalue weighted by Crippen LogP contribution is 2.20. The van der Waals surface area contributed by atoms with E-state index < -0.39 is 5.60 Å². The van der Waals surface area contributed by atoms with Crippen LogP contribution in [0, 0.1) is 0 Å². The molecule has 1 aromatic rings. The summed E-state index contributed by atoms with van der Waals surface area (Å²) in [4.78, 5) is 14.0. The Morgan fingerprint density at radius 3 is 2.61 bits per heavy atom. The van der Waals surface area contributed by atoms with Gasteiger partial charge in [-0.2, -0.15) is 0 Å². The molecule has 1 amide bonds. The molecule has 0 aliphatic carbocycles. The van der Waals surface area contributed by atoms with Crippen LogP contribution in [0.3, 0.4) is 0 Å². The zero-order valence-corrected chi connectivity index (χ0v) is 15.2. The molecular weight excluding hydrogens is 312 g/mol. The summed E-state index contributed by atoms with van der Waals surface area (Å²) in [6.07, 6.45) is 1.84. The lowest BCUT2D eigenvalue weighted by atomic mass is 10.0. The van der Waals surface area contributed by atoms with Crippen LogP contribution in [0.25, 0.3) is 0 Å². The summed E-state index contributed by atoms with van der Waals surface area (Å²) >= 11 is 5.94. The Balaban J connectivity index is 1.90. The van der Waals surface area contributed by atoms with E-state index in [9.17, 15) is 4.79 Å². The van der Waals surface area contributed by atoms with E-state index in [4.69, 9.17) is 16.3 Å². The third-order valence-corrected chi connectivity index (χ3v) is 4.18. The molecule has 1 unspecified atom stereocenters. The summed E-state index contributed by atoms with van der Waals surface area (Å²) < 4.78 is 5.47. The molecule has 1 N–H and O–H groups in total. The van der Waals surface area contributed by atoms with Crippen molar-refractivity contribution in [2.24, 2.45) is 0 Å².